The van der Waals surface area contributed by atoms with Gasteiger partial charge in [0.05, 0.1) is 30.4 Å². The van der Waals surface area contributed by atoms with Crippen LogP contribution in [0.5, 0.6) is 0 Å². The van der Waals surface area contributed by atoms with Crippen molar-refractivity contribution in [2.75, 3.05) is 17.6 Å². The zero-order valence-corrected chi connectivity index (χ0v) is 17.0. The molecule has 4 rings (SSSR count). The Bertz CT molecular complexity index is 1070. The lowest BCUT2D eigenvalue weighted by atomic mass is 10.3. The molecule has 0 fully saturated rings. The van der Waals surface area contributed by atoms with Crippen LogP contribution in [0, 0.1) is 0 Å². The molecule has 1 amide bonds. The van der Waals surface area contributed by atoms with E-state index < -0.39 is 0 Å². The molecule has 4 heterocycles. The molecule has 0 aliphatic carbocycles. The van der Waals surface area contributed by atoms with Crippen molar-refractivity contribution in [2.45, 2.75) is 18.2 Å². The number of aromatic nitrogens is 6. The number of carbonyl (C=O) groups excluding carboxylic acids is 1. The first-order chi connectivity index (χ1) is 14.3. The van der Waals surface area contributed by atoms with Crippen LogP contribution in [0.3, 0.4) is 0 Å². The molecule has 2 N–H and O–H groups in total. The van der Waals surface area contributed by atoms with Crippen molar-refractivity contribution in [3.05, 3.63) is 53.4 Å². The van der Waals surface area contributed by atoms with Crippen LogP contribution >= 0.6 is 23.1 Å². The van der Waals surface area contributed by atoms with E-state index in [1.807, 2.05) is 11.4 Å². The first-order valence-electron chi connectivity index (χ1n) is 8.89. The largest absolute Gasteiger partial charge is 0.364 e. The van der Waals surface area contributed by atoms with Gasteiger partial charge in [-0.25, -0.2) is 24.6 Å². The fourth-order valence-corrected chi connectivity index (χ4v) is 3.90. The van der Waals surface area contributed by atoms with Gasteiger partial charge in [-0.15, -0.1) is 11.3 Å². The number of nitrogens with zero attached hydrogens (tertiary/aromatic N) is 6. The van der Waals surface area contributed by atoms with E-state index in [9.17, 15) is 4.79 Å². The number of hydrogen-bond acceptors (Lipinski definition) is 9. The van der Waals surface area contributed by atoms with E-state index in [2.05, 4.69) is 41.7 Å². The Kier molecular flexibility index (Phi) is 6.27. The molecule has 0 atom stereocenters. The summed E-state index contributed by atoms with van der Waals surface area (Å²) in [5.74, 6) is 0.938. The third-order valence-corrected chi connectivity index (χ3v) is 5.72. The summed E-state index contributed by atoms with van der Waals surface area (Å²) in [5.41, 5.74) is 0.731. The molecule has 0 saturated carbocycles. The Morgan fingerprint density at radius 1 is 1.17 bits per heavy atom. The van der Waals surface area contributed by atoms with E-state index in [0.29, 0.717) is 24.8 Å². The third kappa shape index (κ3) is 5.06. The second-order valence-electron chi connectivity index (χ2n) is 5.93. The number of nitrogens with one attached hydrogen (secondary N) is 2. The highest BCUT2D eigenvalue weighted by molar-refractivity contribution is 7.99. The molecule has 9 nitrogen and oxygen atoms in total. The van der Waals surface area contributed by atoms with E-state index in [-0.39, 0.29) is 11.7 Å². The number of thioether (sulfide) groups is 1. The second kappa shape index (κ2) is 9.43. The highest BCUT2D eigenvalue weighted by Gasteiger charge is 2.10. The zero-order chi connectivity index (χ0) is 19.9. The minimum atomic E-state index is -0.0770. The van der Waals surface area contributed by atoms with Crippen LogP contribution in [0.15, 0.2) is 53.7 Å². The van der Waals surface area contributed by atoms with Crippen LogP contribution in [-0.2, 0) is 17.9 Å². The SMILES string of the molecule is O=C(CSc1ncccn1)NCCn1ncc2c(NCc3cccs3)ncnc21. The molecule has 4 aromatic rings. The molecule has 0 saturated heterocycles. The fraction of sp³-hybridized carbons (Fsp3) is 0.222. The molecule has 0 spiro atoms. The number of rotatable bonds is 9. The summed E-state index contributed by atoms with van der Waals surface area (Å²) >= 11 is 2.99. The smallest absolute Gasteiger partial charge is 0.230 e. The summed E-state index contributed by atoms with van der Waals surface area (Å²) in [6.45, 7) is 1.67. The van der Waals surface area contributed by atoms with Gasteiger partial charge in [0.1, 0.15) is 12.1 Å². The van der Waals surface area contributed by atoms with Gasteiger partial charge in [0.15, 0.2) is 10.8 Å². The predicted octanol–water partition coefficient (Wildman–Crippen LogP) is 2.20. The van der Waals surface area contributed by atoms with Gasteiger partial charge in [-0.3, -0.25) is 4.79 Å². The van der Waals surface area contributed by atoms with Gasteiger partial charge in [-0.05, 0) is 17.5 Å². The average molecular weight is 427 g/mol. The fourth-order valence-electron chi connectivity index (χ4n) is 2.62. The minimum absolute atomic E-state index is 0.0770. The minimum Gasteiger partial charge on any atom is -0.364 e. The lowest BCUT2D eigenvalue weighted by Crippen LogP contribution is -2.29. The van der Waals surface area contributed by atoms with Crippen molar-refractivity contribution in [1.82, 2.24) is 35.0 Å². The first-order valence-corrected chi connectivity index (χ1v) is 10.8. The molecule has 148 valence electrons. The predicted molar refractivity (Wildman–Crippen MR) is 113 cm³/mol. The molecule has 0 unspecified atom stereocenters. The van der Waals surface area contributed by atoms with E-state index in [1.54, 1.807) is 40.7 Å². The summed E-state index contributed by atoms with van der Waals surface area (Å²) in [4.78, 5) is 30.1. The monoisotopic (exact) mass is 426 g/mol. The summed E-state index contributed by atoms with van der Waals surface area (Å²) < 4.78 is 1.76. The molecule has 4 aromatic heterocycles. The van der Waals surface area contributed by atoms with Crippen molar-refractivity contribution in [2.24, 2.45) is 0 Å². The molecule has 0 radical (unpaired) electrons. The van der Waals surface area contributed by atoms with Gasteiger partial charge in [0.2, 0.25) is 5.91 Å². The van der Waals surface area contributed by atoms with Crippen LogP contribution < -0.4 is 10.6 Å². The van der Waals surface area contributed by atoms with Crippen LogP contribution in [-0.4, -0.2) is 47.9 Å². The number of thiophene rings is 1. The van der Waals surface area contributed by atoms with Crippen LogP contribution in [0.4, 0.5) is 5.82 Å². The Hall–Kier alpha value is -3.05. The van der Waals surface area contributed by atoms with Crippen molar-refractivity contribution in [3.63, 3.8) is 0 Å². The van der Waals surface area contributed by atoms with Crippen LogP contribution in [0.1, 0.15) is 4.88 Å². The Balaban J connectivity index is 1.30. The lowest BCUT2D eigenvalue weighted by Gasteiger charge is -2.07. The van der Waals surface area contributed by atoms with Gasteiger partial charge >= 0.3 is 0 Å². The third-order valence-electron chi connectivity index (χ3n) is 3.96. The highest BCUT2D eigenvalue weighted by Crippen LogP contribution is 2.20. The molecule has 11 heteroatoms. The molecule has 0 aliphatic heterocycles. The van der Waals surface area contributed by atoms with E-state index in [4.69, 9.17) is 0 Å². The molecular weight excluding hydrogens is 408 g/mol. The number of hydrogen-bond donors (Lipinski definition) is 2. The van der Waals surface area contributed by atoms with Crippen LogP contribution in [0.25, 0.3) is 11.0 Å². The van der Waals surface area contributed by atoms with Crippen LogP contribution in [0.2, 0.25) is 0 Å². The van der Waals surface area contributed by atoms with E-state index >= 15 is 0 Å². The molecule has 0 aliphatic rings. The number of anilines is 1. The number of fused-ring (bicyclic) bond motifs is 1. The number of amides is 1. The lowest BCUT2D eigenvalue weighted by molar-refractivity contribution is -0.118. The molecule has 29 heavy (non-hydrogen) atoms. The normalized spacial score (nSPS) is 10.9. The van der Waals surface area contributed by atoms with Crippen molar-refractivity contribution in [1.29, 1.82) is 0 Å². The van der Waals surface area contributed by atoms with Gasteiger partial charge in [-0.2, -0.15) is 5.10 Å². The molecule has 0 aromatic carbocycles. The van der Waals surface area contributed by atoms with Gasteiger partial charge in [0, 0.05) is 23.8 Å². The van der Waals surface area contributed by atoms with Gasteiger partial charge in [0.25, 0.3) is 0 Å². The van der Waals surface area contributed by atoms with Crippen molar-refractivity contribution >= 4 is 45.9 Å². The Morgan fingerprint density at radius 3 is 2.90 bits per heavy atom. The second-order valence-corrected chi connectivity index (χ2v) is 7.90. The standard InChI is InChI=1S/C18H18N8OS2/c27-15(11-29-18-20-4-2-5-21-18)19-6-7-26-17-14(10-25-26)16(23-12-24-17)22-9-13-3-1-8-28-13/h1-5,8,10,12H,6-7,9,11H2,(H,19,27)(H,22,23,24). The molecular formula is C18H18N8OS2. The average Bonchev–Trinajstić information content (AvgIpc) is 3.42. The van der Waals surface area contributed by atoms with Crippen molar-refractivity contribution in [3.8, 4) is 0 Å². The maximum absolute atomic E-state index is 12.0. The van der Waals surface area contributed by atoms with E-state index in [1.165, 1.54) is 23.0 Å². The maximum Gasteiger partial charge on any atom is 0.230 e. The first kappa shape index (κ1) is 19.3. The van der Waals surface area contributed by atoms with Crippen molar-refractivity contribution < 1.29 is 4.79 Å². The maximum atomic E-state index is 12.0. The highest BCUT2D eigenvalue weighted by atomic mass is 32.2. The summed E-state index contributed by atoms with van der Waals surface area (Å²) in [6, 6.07) is 5.84. The Morgan fingerprint density at radius 2 is 2.07 bits per heavy atom. The van der Waals surface area contributed by atoms with Gasteiger partial charge in [-0.1, -0.05) is 17.8 Å². The Labute approximate surface area is 175 Å². The topological polar surface area (TPSA) is 111 Å². The number of carbonyl (C=O) groups is 1. The quantitative estimate of drug-likeness (QED) is 0.310. The zero-order valence-electron chi connectivity index (χ0n) is 15.4. The molecule has 0 bridgehead atoms. The summed E-state index contributed by atoms with van der Waals surface area (Å²) in [6.07, 6.45) is 6.58. The summed E-state index contributed by atoms with van der Waals surface area (Å²) in [7, 11) is 0. The van der Waals surface area contributed by atoms with Gasteiger partial charge < -0.3 is 10.6 Å². The van der Waals surface area contributed by atoms with E-state index in [0.717, 1.165) is 16.9 Å². The summed E-state index contributed by atoms with van der Waals surface area (Å²) in [5, 5.41) is 14.1.